The van der Waals surface area contributed by atoms with E-state index in [4.69, 9.17) is 10.5 Å². The Morgan fingerprint density at radius 2 is 2.00 bits per heavy atom. The van der Waals surface area contributed by atoms with Crippen molar-refractivity contribution in [3.05, 3.63) is 12.4 Å². The zero-order chi connectivity index (χ0) is 12.2. The number of nitrogens with two attached hydrogens (primary N) is 1. The summed E-state index contributed by atoms with van der Waals surface area (Å²) in [5, 5.41) is 0.514. The molecule has 0 unspecified atom stereocenters. The summed E-state index contributed by atoms with van der Waals surface area (Å²) in [4.78, 5) is 19.3. The fourth-order valence-corrected chi connectivity index (χ4v) is 1.46. The molecule has 0 saturated heterocycles. The molecular weight excluding hydrogens is 226 g/mol. The van der Waals surface area contributed by atoms with Crippen molar-refractivity contribution in [1.82, 2.24) is 9.97 Å². The molecule has 1 aromatic rings. The van der Waals surface area contributed by atoms with Crippen molar-refractivity contribution < 1.29 is 9.53 Å². The third-order valence-corrected chi connectivity index (χ3v) is 2.24. The largest absolute Gasteiger partial charge is 0.459 e. The van der Waals surface area contributed by atoms with Gasteiger partial charge >= 0.3 is 5.97 Å². The Labute approximate surface area is 98.8 Å². The number of hydrogen-bond acceptors (Lipinski definition) is 6. The second-order valence-corrected chi connectivity index (χ2v) is 5.12. The lowest BCUT2D eigenvalue weighted by atomic mass is 10.2. The number of carbonyl (C=O) groups excluding carboxylic acids is 1. The third-order valence-electron chi connectivity index (χ3n) is 1.39. The summed E-state index contributed by atoms with van der Waals surface area (Å²) >= 11 is 1.23. The topological polar surface area (TPSA) is 78.1 Å². The highest BCUT2D eigenvalue weighted by Gasteiger charge is 2.16. The molecule has 1 heterocycles. The number of esters is 1. The number of carbonyl (C=O) groups is 1. The third kappa shape index (κ3) is 4.97. The van der Waals surface area contributed by atoms with E-state index in [1.165, 1.54) is 24.2 Å². The Kier molecular flexibility index (Phi) is 4.12. The SMILES string of the molecule is CC(C)(C)OC(=O)CSc1ncc(N)cn1. The maximum absolute atomic E-state index is 11.4. The van der Waals surface area contributed by atoms with Gasteiger partial charge in [0.15, 0.2) is 5.16 Å². The highest BCUT2D eigenvalue weighted by molar-refractivity contribution is 7.99. The van der Waals surface area contributed by atoms with Crippen molar-refractivity contribution in [2.45, 2.75) is 31.5 Å². The summed E-state index contributed by atoms with van der Waals surface area (Å²) in [6.45, 7) is 5.49. The number of nitrogen functional groups attached to an aromatic ring is 1. The molecular formula is C10H15N3O2S. The lowest BCUT2D eigenvalue weighted by molar-refractivity contribution is -0.151. The van der Waals surface area contributed by atoms with Crippen molar-refractivity contribution in [2.24, 2.45) is 0 Å². The van der Waals surface area contributed by atoms with E-state index in [-0.39, 0.29) is 11.7 Å². The van der Waals surface area contributed by atoms with Gasteiger partial charge in [0.05, 0.1) is 23.8 Å². The maximum atomic E-state index is 11.4. The first-order valence-corrected chi connectivity index (χ1v) is 5.77. The molecule has 0 radical (unpaired) electrons. The fraction of sp³-hybridized carbons (Fsp3) is 0.500. The van der Waals surface area contributed by atoms with E-state index in [0.29, 0.717) is 10.8 Å². The van der Waals surface area contributed by atoms with Crippen LogP contribution >= 0.6 is 11.8 Å². The highest BCUT2D eigenvalue weighted by atomic mass is 32.2. The minimum Gasteiger partial charge on any atom is -0.459 e. The first-order valence-electron chi connectivity index (χ1n) is 4.79. The molecule has 1 rings (SSSR count). The molecule has 0 atom stereocenters. The maximum Gasteiger partial charge on any atom is 0.316 e. The van der Waals surface area contributed by atoms with Crippen LogP contribution in [-0.4, -0.2) is 27.3 Å². The molecule has 0 saturated carbocycles. The summed E-state index contributed by atoms with van der Waals surface area (Å²) in [6.07, 6.45) is 3.01. The van der Waals surface area contributed by atoms with Crippen molar-refractivity contribution in [1.29, 1.82) is 0 Å². The zero-order valence-electron chi connectivity index (χ0n) is 9.56. The molecule has 2 N–H and O–H groups in total. The second-order valence-electron chi connectivity index (χ2n) is 4.17. The van der Waals surface area contributed by atoms with E-state index in [2.05, 4.69) is 9.97 Å². The van der Waals surface area contributed by atoms with Gasteiger partial charge in [-0.05, 0) is 20.8 Å². The summed E-state index contributed by atoms with van der Waals surface area (Å²) in [5.41, 5.74) is 5.48. The van der Waals surface area contributed by atoms with Crippen LogP contribution in [0.15, 0.2) is 17.6 Å². The molecule has 0 bridgehead atoms. The predicted molar refractivity (Wildman–Crippen MR) is 63.0 cm³/mol. The Balaban J connectivity index is 2.40. The van der Waals surface area contributed by atoms with E-state index in [9.17, 15) is 4.79 Å². The molecule has 0 aliphatic carbocycles. The lowest BCUT2D eigenvalue weighted by Crippen LogP contribution is -2.24. The van der Waals surface area contributed by atoms with Gasteiger partial charge < -0.3 is 10.5 Å². The van der Waals surface area contributed by atoms with E-state index in [1.807, 2.05) is 20.8 Å². The van der Waals surface area contributed by atoms with E-state index >= 15 is 0 Å². The van der Waals surface area contributed by atoms with Gasteiger partial charge in [0.25, 0.3) is 0 Å². The van der Waals surface area contributed by atoms with Crippen LogP contribution in [0.5, 0.6) is 0 Å². The monoisotopic (exact) mass is 241 g/mol. The molecule has 88 valence electrons. The van der Waals surface area contributed by atoms with Crippen LogP contribution in [0, 0.1) is 0 Å². The van der Waals surface area contributed by atoms with Crippen LogP contribution in [0.4, 0.5) is 5.69 Å². The van der Waals surface area contributed by atoms with Crippen molar-refractivity contribution in [3.8, 4) is 0 Å². The standard InChI is InChI=1S/C10H15N3O2S/c1-10(2,3)15-8(14)6-16-9-12-4-7(11)5-13-9/h4-5H,6,11H2,1-3H3. The van der Waals surface area contributed by atoms with Gasteiger partial charge in [-0.1, -0.05) is 11.8 Å². The minimum atomic E-state index is -0.459. The highest BCUT2D eigenvalue weighted by Crippen LogP contribution is 2.15. The van der Waals surface area contributed by atoms with Crippen LogP contribution in [-0.2, 0) is 9.53 Å². The van der Waals surface area contributed by atoms with Gasteiger partial charge in [0, 0.05) is 0 Å². The molecule has 5 nitrogen and oxygen atoms in total. The van der Waals surface area contributed by atoms with Gasteiger partial charge in [0.2, 0.25) is 0 Å². The number of rotatable bonds is 3. The summed E-state index contributed by atoms with van der Waals surface area (Å²) in [6, 6.07) is 0. The molecule has 0 spiro atoms. The van der Waals surface area contributed by atoms with Crippen LogP contribution in [0.1, 0.15) is 20.8 Å². The van der Waals surface area contributed by atoms with E-state index in [1.54, 1.807) is 0 Å². The first-order chi connectivity index (χ1) is 7.37. The van der Waals surface area contributed by atoms with Gasteiger partial charge in [-0.15, -0.1) is 0 Å². The second kappa shape index (κ2) is 5.16. The van der Waals surface area contributed by atoms with Gasteiger partial charge in [0.1, 0.15) is 5.60 Å². The fourth-order valence-electron chi connectivity index (χ4n) is 0.895. The molecule has 0 amide bonds. The quantitative estimate of drug-likeness (QED) is 0.491. The van der Waals surface area contributed by atoms with Gasteiger partial charge in [-0.2, -0.15) is 0 Å². The number of thioether (sulfide) groups is 1. The molecule has 0 aromatic carbocycles. The molecule has 1 aromatic heterocycles. The van der Waals surface area contributed by atoms with E-state index < -0.39 is 5.60 Å². The van der Waals surface area contributed by atoms with Gasteiger partial charge in [-0.25, -0.2) is 9.97 Å². The number of aromatic nitrogens is 2. The average molecular weight is 241 g/mol. The smallest absolute Gasteiger partial charge is 0.316 e. The Morgan fingerprint density at radius 3 is 2.50 bits per heavy atom. The minimum absolute atomic E-state index is 0.196. The van der Waals surface area contributed by atoms with Crippen molar-refractivity contribution in [3.63, 3.8) is 0 Å². The molecule has 0 aliphatic heterocycles. The molecule has 0 fully saturated rings. The average Bonchev–Trinajstić information content (AvgIpc) is 2.14. The Bertz CT molecular complexity index is 359. The number of anilines is 1. The van der Waals surface area contributed by atoms with Crippen LogP contribution in [0.3, 0.4) is 0 Å². The van der Waals surface area contributed by atoms with Crippen molar-refractivity contribution in [2.75, 3.05) is 11.5 Å². The molecule has 6 heteroatoms. The van der Waals surface area contributed by atoms with Crippen LogP contribution < -0.4 is 5.73 Å². The predicted octanol–water partition coefficient (Wildman–Crippen LogP) is 1.49. The summed E-state index contributed by atoms with van der Waals surface area (Å²) < 4.78 is 5.14. The number of ether oxygens (including phenoxy) is 1. The van der Waals surface area contributed by atoms with E-state index in [0.717, 1.165) is 0 Å². The molecule has 0 aliphatic rings. The number of hydrogen-bond donors (Lipinski definition) is 1. The normalized spacial score (nSPS) is 11.2. The first kappa shape index (κ1) is 12.8. The van der Waals surface area contributed by atoms with Gasteiger partial charge in [-0.3, -0.25) is 4.79 Å². The van der Waals surface area contributed by atoms with Crippen molar-refractivity contribution >= 4 is 23.4 Å². The lowest BCUT2D eigenvalue weighted by Gasteiger charge is -2.18. The molecule has 16 heavy (non-hydrogen) atoms. The summed E-state index contributed by atoms with van der Waals surface area (Å²) in [5.74, 6) is -0.0841. The van der Waals surface area contributed by atoms with Crippen LogP contribution in [0.25, 0.3) is 0 Å². The van der Waals surface area contributed by atoms with Crippen LogP contribution in [0.2, 0.25) is 0 Å². The number of nitrogens with zero attached hydrogens (tertiary/aromatic N) is 2. The summed E-state index contributed by atoms with van der Waals surface area (Å²) in [7, 11) is 0. The zero-order valence-corrected chi connectivity index (χ0v) is 10.4. The Morgan fingerprint density at radius 1 is 1.44 bits per heavy atom. The Hall–Kier alpha value is -1.30.